The van der Waals surface area contributed by atoms with E-state index in [1.165, 1.54) is 0 Å². The number of amides is 1. The second-order valence-corrected chi connectivity index (χ2v) is 7.56. The van der Waals surface area contributed by atoms with Crippen molar-refractivity contribution in [3.05, 3.63) is 53.2 Å². The van der Waals surface area contributed by atoms with E-state index >= 15 is 0 Å². The zero-order valence-corrected chi connectivity index (χ0v) is 16.3. The molecule has 29 heavy (non-hydrogen) atoms. The molecule has 0 radical (unpaired) electrons. The molecule has 4 rings (SSSR count). The van der Waals surface area contributed by atoms with Crippen molar-refractivity contribution in [2.45, 2.75) is 38.4 Å². The normalized spacial score (nSPS) is 13.9. The molecule has 1 heterocycles. The van der Waals surface area contributed by atoms with Gasteiger partial charge in [0.2, 0.25) is 0 Å². The average molecular weight is 395 g/mol. The molecule has 0 bridgehead atoms. The second kappa shape index (κ2) is 8.32. The van der Waals surface area contributed by atoms with E-state index in [2.05, 4.69) is 15.8 Å². The minimum absolute atomic E-state index is 0.0369. The topological polar surface area (TPSA) is 108 Å². The minimum atomic E-state index is -0.395. The van der Waals surface area contributed by atoms with E-state index in [0.717, 1.165) is 34.9 Å². The highest BCUT2D eigenvalue weighted by molar-refractivity contribution is 5.96. The van der Waals surface area contributed by atoms with Gasteiger partial charge >= 0.3 is 0 Å². The lowest BCUT2D eigenvalue weighted by Crippen LogP contribution is -2.35. The Bertz CT molecular complexity index is 1020. The second-order valence-electron chi connectivity index (χ2n) is 7.56. The van der Waals surface area contributed by atoms with Crippen LogP contribution in [0.2, 0.25) is 0 Å². The summed E-state index contributed by atoms with van der Waals surface area (Å²) in [6, 6.07) is 11.5. The molecule has 1 amide bonds. The van der Waals surface area contributed by atoms with E-state index in [-0.39, 0.29) is 19.1 Å². The number of fused-ring (bicyclic) bond motifs is 1. The van der Waals surface area contributed by atoms with E-state index in [9.17, 15) is 15.0 Å². The van der Waals surface area contributed by atoms with Gasteiger partial charge in [0.1, 0.15) is 5.69 Å². The summed E-state index contributed by atoms with van der Waals surface area (Å²) in [7, 11) is 0. The van der Waals surface area contributed by atoms with Gasteiger partial charge in [0.15, 0.2) is 5.58 Å². The lowest BCUT2D eigenvalue weighted by atomic mass is 9.97. The van der Waals surface area contributed by atoms with Crippen LogP contribution in [0.25, 0.3) is 22.1 Å². The minimum Gasteiger partial charge on any atom is -0.395 e. The van der Waals surface area contributed by atoms with Gasteiger partial charge in [-0.05, 0) is 60.7 Å². The monoisotopic (exact) mass is 395 g/mol. The Labute approximate surface area is 168 Å². The van der Waals surface area contributed by atoms with Crippen molar-refractivity contribution in [2.24, 2.45) is 0 Å². The Morgan fingerprint density at radius 1 is 1.21 bits per heavy atom. The number of rotatable bonds is 8. The maximum Gasteiger partial charge on any atom is 0.251 e. The highest BCUT2D eigenvalue weighted by atomic mass is 16.5. The Balaban J connectivity index is 1.59. The fourth-order valence-corrected chi connectivity index (χ4v) is 3.28. The largest absolute Gasteiger partial charge is 0.395 e. The summed E-state index contributed by atoms with van der Waals surface area (Å²) in [6.07, 6.45) is 2.11. The number of nitrogens with zero attached hydrogens (tertiary/aromatic N) is 1. The summed E-state index contributed by atoms with van der Waals surface area (Å²) in [4.78, 5) is 12.4. The summed E-state index contributed by atoms with van der Waals surface area (Å²) in [6.45, 7) is 2.09. The van der Waals surface area contributed by atoms with Crippen LogP contribution in [0.3, 0.4) is 0 Å². The van der Waals surface area contributed by atoms with Crippen LogP contribution in [-0.4, -0.2) is 46.6 Å². The van der Waals surface area contributed by atoms with E-state index in [4.69, 9.17) is 4.52 Å². The summed E-state index contributed by atoms with van der Waals surface area (Å²) >= 11 is 0. The number of nitrogens with one attached hydrogen (secondary N) is 2. The maximum atomic E-state index is 12.4. The summed E-state index contributed by atoms with van der Waals surface area (Å²) in [5.41, 5.74) is 5.02. The molecule has 4 N–H and O–H groups in total. The van der Waals surface area contributed by atoms with Gasteiger partial charge in [-0.2, -0.15) is 0 Å². The molecule has 7 nitrogen and oxygen atoms in total. The molecule has 0 spiro atoms. The van der Waals surface area contributed by atoms with Gasteiger partial charge in [-0.25, -0.2) is 0 Å². The molecule has 7 heteroatoms. The number of hydrogen-bond donors (Lipinski definition) is 4. The molecule has 1 fully saturated rings. The predicted molar refractivity (Wildman–Crippen MR) is 109 cm³/mol. The van der Waals surface area contributed by atoms with Crippen LogP contribution in [0.15, 0.2) is 40.9 Å². The van der Waals surface area contributed by atoms with E-state index < -0.39 is 6.04 Å². The molecule has 2 aromatic carbocycles. The zero-order valence-electron chi connectivity index (χ0n) is 16.3. The van der Waals surface area contributed by atoms with Gasteiger partial charge in [0.05, 0.1) is 19.3 Å². The first-order valence-electron chi connectivity index (χ1n) is 9.84. The Kier molecular flexibility index (Phi) is 5.62. The third kappa shape index (κ3) is 4.32. The molecule has 3 aromatic rings. The Morgan fingerprint density at radius 2 is 2.00 bits per heavy atom. The van der Waals surface area contributed by atoms with Gasteiger partial charge in [0.25, 0.3) is 5.91 Å². The summed E-state index contributed by atoms with van der Waals surface area (Å²) < 4.78 is 5.49. The number of carbonyl (C=O) groups is 1. The predicted octanol–water partition coefficient (Wildman–Crippen LogP) is 2.14. The molecule has 0 aliphatic heterocycles. The molecule has 152 valence electrons. The number of aromatic nitrogens is 1. The van der Waals surface area contributed by atoms with Crippen molar-refractivity contribution < 1.29 is 19.5 Å². The number of hydrogen-bond acceptors (Lipinski definition) is 6. The van der Waals surface area contributed by atoms with Gasteiger partial charge in [-0.3, -0.25) is 4.79 Å². The Hall–Kier alpha value is -2.74. The number of aliphatic hydroxyl groups excluding tert-OH is 2. The van der Waals surface area contributed by atoms with Crippen LogP contribution >= 0.6 is 0 Å². The molecule has 0 saturated heterocycles. The first-order valence-corrected chi connectivity index (χ1v) is 9.84. The highest BCUT2D eigenvalue weighted by Crippen LogP contribution is 2.29. The van der Waals surface area contributed by atoms with Crippen molar-refractivity contribution in [1.29, 1.82) is 0 Å². The fourth-order valence-electron chi connectivity index (χ4n) is 3.28. The van der Waals surface area contributed by atoms with Gasteiger partial charge in [-0.15, -0.1) is 0 Å². The molecule has 1 aliphatic rings. The molecular formula is C22H25N3O4. The average Bonchev–Trinajstić information content (AvgIpc) is 3.46. The smallest absolute Gasteiger partial charge is 0.251 e. The lowest BCUT2D eigenvalue weighted by Gasteiger charge is -2.11. The van der Waals surface area contributed by atoms with Crippen molar-refractivity contribution >= 4 is 16.9 Å². The third-order valence-corrected chi connectivity index (χ3v) is 5.27. The van der Waals surface area contributed by atoms with Crippen LogP contribution < -0.4 is 10.6 Å². The SMILES string of the molecule is Cc1ccc(C(=O)NC2CC2)cc1-c1ccc2c(CNC(CO)CO)noc2c1. The van der Waals surface area contributed by atoms with Crippen LogP contribution in [0.1, 0.15) is 34.5 Å². The van der Waals surface area contributed by atoms with Crippen molar-refractivity contribution in [3.63, 3.8) is 0 Å². The summed E-state index contributed by atoms with van der Waals surface area (Å²) in [5.74, 6) is -0.0369. The number of carbonyl (C=O) groups excluding carboxylic acids is 1. The molecule has 0 atom stereocenters. The number of benzene rings is 2. The molecule has 0 unspecified atom stereocenters. The maximum absolute atomic E-state index is 12.4. The van der Waals surface area contributed by atoms with Crippen LogP contribution in [0.4, 0.5) is 0 Å². The van der Waals surface area contributed by atoms with E-state index in [0.29, 0.717) is 29.4 Å². The third-order valence-electron chi connectivity index (χ3n) is 5.27. The van der Waals surface area contributed by atoms with Crippen LogP contribution in [0.5, 0.6) is 0 Å². The lowest BCUT2D eigenvalue weighted by molar-refractivity contribution is 0.0951. The molecule has 1 aliphatic carbocycles. The van der Waals surface area contributed by atoms with Crippen LogP contribution in [0, 0.1) is 6.92 Å². The summed E-state index contributed by atoms with van der Waals surface area (Å²) in [5, 5.41) is 29.4. The quantitative estimate of drug-likeness (QED) is 0.465. The highest BCUT2D eigenvalue weighted by Gasteiger charge is 2.24. The molecular weight excluding hydrogens is 370 g/mol. The first kappa shape index (κ1) is 19.6. The van der Waals surface area contributed by atoms with Gasteiger partial charge in [0, 0.05) is 23.5 Å². The van der Waals surface area contributed by atoms with E-state index in [1.54, 1.807) is 0 Å². The van der Waals surface area contributed by atoms with Gasteiger partial charge in [-0.1, -0.05) is 17.3 Å². The van der Waals surface area contributed by atoms with E-state index in [1.807, 2.05) is 43.3 Å². The van der Waals surface area contributed by atoms with Gasteiger partial charge < -0.3 is 25.4 Å². The molecule has 1 saturated carbocycles. The fraction of sp³-hybridized carbons (Fsp3) is 0.364. The van der Waals surface area contributed by atoms with Crippen LogP contribution in [-0.2, 0) is 6.54 Å². The molecule has 1 aromatic heterocycles. The van der Waals surface area contributed by atoms with Crippen molar-refractivity contribution in [1.82, 2.24) is 15.8 Å². The first-order chi connectivity index (χ1) is 14.1. The number of aryl methyl sites for hydroxylation is 1. The van der Waals surface area contributed by atoms with Crippen molar-refractivity contribution in [3.8, 4) is 11.1 Å². The number of aliphatic hydroxyl groups is 2. The zero-order chi connectivity index (χ0) is 20.4. The standard InChI is InChI=1S/C22H25N3O4/c1-13-2-3-15(22(28)24-16-5-6-16)8-19(13)14-4-7-18-20(25-29-21(18)9-14)10-23-17(11-26)12-27/h2-4,7-9,16-17,23,26-27H,5-6,10-12H2,1H3,(H,24,28). The Morgan fingerprint density at radius 3 is 2.72 bits per heavy atom. The van der Waals surface area contributed by atoms with Crippen molar-refractivity contribution in [2.75, 3.05) is 13.2 Å².